The number of rotatable bonds is 6. The highest BCUT2D eigenvalue weighted by Gasteiger charge is 2.15. The van der Waals surface area contributed by atoms with E-state index in [0.717, 1.165) is 16.7 Å². The Hall–Kier alpha value is -2.60. The fraction of sp³-hybridized carbons (Fsp3) is 0.263. The summed E-state index contributed by atoms with van der Waals surface area (Å²) in [6.45, 7) is 3.03. The molecule has 0 aliphatic carbocycles. The molecular weight excluding hydrogens is 272 g/mol. The number of nitriles is 1. The Morgan fingerprint density at radius 3 is 2.45 bits per heavy atom. The van der Waals surface area contributed by atoms with Gasteiger partial charge in [0.1, 0.15) is 0 Å². The summed E-state index contributed by atoms with van der Waals surface area (Å²) in [4.78, 5) is 14.4. The number of hydrogen-bond donors (Lipinski definition) is 0. The van der Waals surface area contributed by atoms with Crippen LogP contribution >= 0.6 is 0 Å². The molecule has 0 saturated carbocycles. The molecule has 22 heavy (non-hydrogen) atoms. The van der Waals surface area contributed by atoms with E-state index in [1.165, 1.54) is 0 Å². The molecule has 0 atom stereocenters. The summed E-state index contributed by atoms with van der Waals surface area (Å²) in [5.41, 5.74) is 3.25. The van der Waals surface area contributed by atoms with Gasteiger partial charge in [-0.2, -0.15) is 5.26 Å². The lowest BCUT2D eigenvalue weighted by molar-refractivity contribution is -0.131. The molecule has 0 fully saturated rings. The van der Waals surface area contributed by atoms with E-state index in [0.29, 0.717) is 25.9 Å². The second-order valence-corrected chi connectivity index (χ2v) is 5.31. The van der Waals surface area contributed by atoms with Crippen LogP contribution in [0.2, 0.25) is 0 Å². The van der Waals surface area contributed by atoms with Gasteiger partial charge in [0.15, 0.2) is 0 Å². The second kappa shape index (κ2) is 7.99. The van der Waals surface area contributed by atoms with Gasteiger partial charge in [0.25, 0.3) is 0 Å². The van der Waals surface area contributed by atoms with Gasteiger partial charge in [0.2, 0.25) is 5.91 Å². The molecule has 2 aromatic carbocycles. The monoisotopic (exact) mass is 292 g/mol. The van der Waals surface area contributed by atoms with Gasteiger partial charge >= 0.3 is 0 Å². The number of aryl methyl sites for hydroxylation is 1. The minimum absolute atomic E-state index is 0.0633. The van der Waals surface area contributed by atoms with Crippen molar-refractivity contribution in [1.29, 1.82) is 5.26 Å². The van der Waals surface area contributed by atoms with Crippen LogP contribution in [0.15, 0.2) is 54.6 Å². The van der Waals surface area contributed by atoms with Crippen LogP contribution in [0.4, 0.5) is 0 Å². The zero-order chi connectivity index (χ0) is 15.8. The van der Waals surface area contributed by atoms with Crippen LogP contribution in [-0.2, 0) is 17.8 Å². The summed E-state index contributed by atoms with van der Waals surface area (Å²) in [7, 11) is 0. The van der Waals surface area contributed by atoms with E-state index in [9.17, 15) is 4.79 Å². The van der Waals surface area contributed by atoms with Gasteiger partial charge in [-0.3, -0.25) is 4.79 Å². The second-order valence-electron chi connectivity index (χ2n) is 5.31. The molecule has 0 bridgehead atoms. The average molecular weight is 292 g/mol. The van der Waals surface area contributed by atoms with Crippen LogP contribution in [0.3, 0.4) is 0 Å². The minimum atomic E-state index is 0.0633. The number of nitrogens with zero attached hydrogens (tertiary/aromatic N) is 2. The Kier molecular flexibility index (Phi) is 5.73. The number of carbonyl (C=O) groups excluding carboxylic acids is 1. The molecule has 0 saturated heterocycles. The molecule has 2 rings (SSSR count). The fourth-order valence-corrected chi connectivity index (χ4v) is 2.36. The lowest BCUT2D eigenvalue weighted by Crippen LogP contribution is -2.32. The summed E-state index contributed by atoms with van der Waals surface area (Å²) in [5.74, 6) is 0.0633. The first-order chi connectivity index (χ1) is 10.7. The van der Waals surface area contributed by atoms with Crippen LogP contribution < -0.4 is 0 Å². The van der Waals surface area contributed by atoms with E-state index in [1.54, 1.807) is 4.90 Å². The average Bonchev–Trinajstić information content (AvgIpc) is 2.54. The molecule has 1 amide bonds. The van der Waals surface area contributed by atoms with E-state index in [4.69, 9.17) is 5.26 Å². The van der Waals surface area contributed by atoms with Crippen molar-refractivity contribution in [1.82, 2.24) is 4.90 Å². The molecule has 3 nitrogen and oxygen atoms in total. The minimum Gasteiger partial charge on any atom is -0.337 e. The molecular formula is C19H20N2O. The third-order valence-electron chi connectivity index (χ3n) is 3.67. The summed E-state index contributed by atoms with van der Waals surface area (Å²) in [5, 5.41) is 8.81. The zero-order valence-corrected chi connectivity index (χ0v) is 12.8. The lowest BCUT2D eigenvalue weighted by Gasteiger charge is -2.22. The summed E-state index contributed by atoms with van der Waals surface area (Å²) in [6, 6.07) is 19.9. The van der Waals surface area contributed by atoms with Crippen molar-refractivity contribution in [2.75, 3.05) is 6.54 Å². The van der Waals surface area contributed by atoms with Crippen molar-refractivity contribution in [2.45, 2.75) is 26.3 Å². The quantitative estimate of drug-likeness (QED) is 0.818. The smallest absolute Gasteiger partial charge is 0.227 e. The number of amides is 1. The van der Waals surface area contributed by atoms with Crippen LogP contribution in [0, 0.1) is 18.3 Å². The molecule has 0 aliphatic rings. The van der Waals surface area contributed by atoms with Gasteiger partial charge in [0, 0.05) is 13.1 Å². The molecule has 0 spiro atoms. The van der Waals surface area contributed by atoms with Crippen molar-refractivity contribution < 1.29 is 4.79 Å². The fourth-order valence-electron chi connectivity index (χ4n) is 2.36. The van der Waals surface area contributed by atoms with Crippen LogP contribution in [0.1, 0.15) is 23.1 Å². The van der Waals surface area contributed by atoms with Gasteiger partial charge in [-0.1, -0.05) is 54.6 Å². The van der Waals surface area contributed by atoms with Gasteiger partial charge < -0.3 is 4.90 Å². The van der Waals surface area contributed by atoms with Crippen molar-refractivity contribution in [3.8, 4) is 6.07 Å². The summed E-state index contributed by atoms with van der Waals surface area (Å²) in [6.07, 6.45) is 0.733. The standard InChI is InChI=1S/C19H20N2O/c1-16-8-5-6-11-18(16)14-19(22)21(13-7-12-20)15-17-9-3-2-4-10-17/h2-6,8-11H,7,13-15H2,1H3. The van der Waals surface area contributed by atoms with Gasteiger partial charge in [-0.05, 0) is 23.6 Å². The van der Waals surface area contributed by atoms with Crippen LogP contribution in [-0.4, -0.2) is 17.4 Å². The van der Waals surface area contributed by atoms with Gasteiger partial charge in [-0.15, -0.1) is 0 Å². The topological polar surface area (TPSA) is 44.1 Å². The van der Waals surface area contributed by atoms with Crippen molar-refractivity contribution >= 4 is 5.91 Å². The van der Waals surface area contributed by atoms with E-state index in [-0.39, 0.29) is 5.91 Å². The number of carbonyl (C=O) groups is 1. The van der Waals surface area contributed by atoms with E-state index < -0.39 is 0 Å². The molecule has 2 aromatic rings. The van der Waals surface area contributed by atoms with E-state index in [2.05, 4.69) is 6.07 Å². The normalized spacial score (nSPS) is 10.0. The predicted molar refractivity (Wildman–Crippen MR) is 87.0 cm³/mol. The molecule has 0 radical (unpaired) electrons. The van der Waals surface area contributed by atoms with Gasteiger partial charge in [0.05, 0.1) is 18.9 Å². The molecule has 112 valence electrons. The Morgan fingerprint density at radius 1 is 1.09 bits per heavy atom. The van der Waals surface area contributed by atoms with Crippen molar-refractivity contribution in [3.63, 3.8) is 0 Å². The molecule has 0 aliphatic heterocycles. The first-order valence-corrected chi connectivity index (χ1v) is 7.44. The predicted octanol–water partition coefficient (Wildman–Crippen LogP) is 3.48. The first kappa shape index (κ1) is 15.8. The Bertz CT molecular complexity index is 659. The maximum absolute atomic E-state index is 12.6. The Labute approximate surface area is 131 Å². The van der Waals surface area contributed by atoms with Crippen molar-refractivity contribution in [3.05, 3.63) is 71.3 Å². The molecule has 0 aromatic heterocycles. The molecule has 0 heterocycles. The van der Waals surface area contributed by atoms with E-state index in [1.807, 2.05) is 61.5 Å². The van der Waals surface area contributed by atoms with Crippen LogP contribution in [0.25, 0.3) is 0 Å². The third kappa shape index (κ3) is 4.46. The van der Waals surface area contributed by atoms with E-state index >= 15 is 0 Å². The van der Waals surface area contributed by atoms with Crippen LogP contribution in [0.5, 0.6) is 0 Å². The Morgan fingerprint density at radius 2 is 1.77 bits per heavy atom. The van der Waals surface area contributed by atoms with Crippen molar-refractivity contribution in [2.24, 2.45) is 0 Å². The third-order valence-corrected chi connectivity index (χ3v) is 3.67. The summed E-state index contributed by atoms with van der Waals surface area (Å²) >= 11 is 0. The summed E-state index contributed by atoms with van der Waals surface area (Å²) < 4.78 is 0. The first-order valence-electron chi connectivity index (χ1n) is 7.44. The Balaban J connectivity index is 2.09. The van der Waals surface area contributed by atoms with Gasteiger partial charge in [-0.25, -0.2) is 0 Å². The number of benzene rings is 2. The maximum Gasteiger partial charge on any atom is 0.227 e. The molecule has 3 heteroatoms. The SMILES string of the molecule is Cc1ccccc1CC(=O)N(CCC#N)Cc1ccccc1. The lowest BCUT2D eigenvalue weighted by atomic mass is 10.0. The highest BCUT2D eigenvalue weighted by Crippen LogP contribution is 2.12. The molecule has 0 unspecified atom stereocenters. The highest BCUT2D eigenvalue weighted by atomic mass is 16.2. The number of hydrogen-bond acceptors (Lipinski definition) is 2. The largest absolute Gasteiger partial charge is 0.337 e. The molecule has 0 N–H and O–H groups in total. The zero-order valence-electron chi connectivity index (χ0n) is 12.8. The maximum atomic E-state index is 12.6. The highest BCUT2D eigenvalue weighted by molar-refractivity contribution is 5.79.